The van der Waals surface area contributed by atoms with E-state index in [9.17, 15) is 14.7 Å². The van der Waals surface area contributed by atoms with E-state index < -0.39 is 11.9 Å². The number of aromatic nitrogens is 1. The monoisotopic (exact) mass is 370 g/mol. The second-order valence-corrected chi connectivity index (χ2v) is 6.96. The zero-order chi connectivity index (χ0) is 20.1. The van der Waals surface area contributed by atoms with Gasteiger partial charge in [0.25, 0.3) is 0 Å². The van der Waals surface area contributed by atoms with Gasteiger partial charge in [0.15, 0.2) is 0 Å². The second kappa shape index (κ2) is 8.77. The van der Waals surface area contributed by atoms with Crippen molar-refractivity contribution in [3.05, 3.63) is 52.3 Å². The van der Waals surface area contributed by atoms with Gasteiger partial charge in [0.1, 0.15) is 0 Å². The van der Waals surface area contributed by atoms with Gasteiger partial charge in [-0.2, -0.15) is 0 Å². The predicted octanol–water partition coefficient (Wildman–Crippen LogP) is 3.13. The van der Waals surface area contributed by atoms with Crippen LogP contribution in [0.5, 0.6) is 0 Å². The van der Waals surface area contributed by atoms with Crippen LogP contribution in [0.2, 0.25) is 0 Å². The number of methoxy groups -OCH3 is 1. The smallest absolute Gasteiger partial charge is 0.338 e. The van der Waals surface area contributed by atoms with E-state index in [1.54, 1.807) is 0 Å². The molecular formula is C21H26N2O4. The number of carboxylic acid groups (broad SMARTS) is 1. The summed E-state index contributed by atoms with van der Waals surface area (Å²) in [7, 11) is 1.27. The highest BCUT2D eigenvalue weighted by molar-refractivity contribution is 5.99. The largest absolute Gasteiger partial charge is 0.478 e. The summed E-state index contributed by atoms with van der Waals surface area (Å²) in [4.78, 5) is 28.5. The molecule has 0 atom stereocenters. The fourth-order valence-electron chi connectivity index (χ4n) is 3.11. The molecule has 0 unspecified atom stereocenters. The average Bonchev–Trinajstić information content (AvgIpc) is 2.61. The lowest BCUT2D eigenvalue weighted by atomic mass is 9.89. The van der Waals surface area contributed by atoms with E-state index in [1.807, 2.05) is 31.2 Å². The van der Waals surface area contributed by atoms with E-state index in [4.69, 9.17) is 10.5 Å². The molecule has 0 amide bonds. The third-order valence-electron chi connectivity index (χ3n) is 4.36. The molecule has 0 spiro atoms. The van der Waals surface area contributed by atoms with Crippen molar-refractivity contribution in [2.75, 3.05) is 7.11 Å². The number of nitrogens with two attached hydrogens (primary N) is 1. The summed E-state index contributed by atoms with van der Waals surface area (Å²) in [5.41, 5.74) is 10.0. The van der Waals surface area contributed by atoms with Gasteiger partial charge in [-0.05, 0) is 30.4 Å². The lowest BCUT2D eigenvalue weighted by Crippen LogP contribution is -2.19. The third kappa shape index (κ3) is 4.71. The van der Waals surface area contributed by atoms with E-state index >= 15 is 0 Å². The maximum Gasteiger partial charge on any atom is 0.338 e. The van der Waals surface area contributed by atoms with Crippen LogP contribution in [-0.4, -0.2) is 29.1 Å². The first kappa shape index (κ1) is 20.6. The molecule has 0 aliphatic heterocycles. The summed E-state index contributed by atoms with van der Waals surface area (Å²) in [6, 6.07) is 7.59. The van der Waals surface area contributed by atoms with Crippen molar-refractivity contribution in [3.63, 3.8) is 0 Å². The Balaban J connectivity index is 2.85. The predicted molar refractivity (Wildman–Crippen MR) is 104 cm³/mol. The molecule has 1 heterocycles. The van der Waals surface area contributed by atoms with E-state index in [1.165, 1.54) is 7.11 Å². The number of esters is 1. The molecule has 6 heteroatoms. The summed E-state index contributed by atoms with van der Waals surface area (Å²) < 4.78 is 4.73. The number of aryl methyl sites for hydroxylation is 1. The number of ether oxygens (including phenoxy) is 1. The first-order valence-electron chi connectivity index (χ1n) is 8.90. The van der Waals surface area contributed by atoms with Gasteiger partial charge in [-0.3, -0.25) is 9.78 Å². The minimum Gasteiger partial charge on any atom is -0.478 e. The van der Waals surface area contributed by atoms with E-state index in [0.29, 0.717) is 23.5 Å². The van der Waals surface area contributed by atoms with Gasteiger partial charge in [-0.15, -0.1) is 0 Å². The molecule has 0 fully saturated rings. The maximum absolute atomic E-state index is 12.1. The van der Waals surface area contributed by atoms with Gasteiger partial charge < -0.3 is 15.6 Å². The lowest BCUT2D eigenvalue weighted by molar-refractivity contribution is -0.139. The Morgan fingerprint density at radius 3 is 2.30 bits per heavy atom. The molecule has 2 aromatic rings. The highest BCUT2D eigenvalue weighted by Crippen LogP contribution is 2.33. The zero-order valence-corrected chi connectivity index (χ0v) is 16.2. The highest BCUT2D eigenvalue weighted by Gasteiger charge is 2.26. The van der Waals surface area contributed by atoms with Crippen LogP contribution in [-0.2, 0) is 28.9 Å². The van der Waals surface area contributed by atoms with Crippen LogP contribution in [0.3, 0.4) is 0 Å². The van der Waals surface area contributed by atoms with Crippen molar-refractivity contribution in [2.45, 2.75) is 40.2 Å². The van der Waals surface area contributed by atoms with E-state index in [-0.39, 0.29) is 24.2 Å². The fraction of sp³-hybridized carbons (Fsp3) is 0.381. The Morgan fingerprint density at radius 2 is 1.81 bits per heavy atom. The Kier molecular flexibility index (Phi) is 6.69. The molecule has 3 N–H and O–H groups in total. The summed E-state index contributed by atoms with van der Waals surface area (Å²) >= 11 is 0. The highest BCUT2D eigenvalue weighted by atomic mass is 16.5. The summed E-state index contributed by atoms with van der Waals surface area (Å²) in [5.74, 6) is -1.37. The Labute approximate surface area is 159 Å². The maximum atomic E-state index is 12.1. The third-order valence-corrected chi connectivity index (χ3v) is 4.36. The summed E-state index contributed by atoms with van der Waals surface area (Å²) in [6.07, 6.45) is 0.437. The number of benzene rings is 1. The standard InChI is InChI=1S/C21H26N2O4/c1-12(2)9-16-15(11-22)19(14-7-5-13(3)6-8-14)20(21(25)26)17(23-16)10-18(24)27-4/h5-8,12H,9-11,22H2,1-4H3,(H,25,26). The van der Waals surface area contributed by atoms with Crippen molar-refractivity contribution in [3.8, 4) is 11.1 Å². The number of rotatable bonds is 7. The quantitative estimate of drug-likeness (QED) is 0.726. The minimum absolute atomic E-state index is 0.0113. The van der Waals surface area contributed by atoms with Gasteiger partial charge in [-0.1, -0.05) is 43.7 Å². The number of aromatic carboxylic acids is 1. The first-order chi connectivity index (χ1) is 12.8. The molecule has 2 rings (SSSR count). The van der Waals surface area contributed by atoms with E-state index in [2.05, 4.69) is 18.8 Å². The second-order valence-electron chi connectivity index (χ2n) is 6.96. The molecular weight excluding hydrogens is 344 g/mol. The molecule has 0 bridgehead atoms. The van der Waals surface area contributed by atoms with Crippen molar-refractivity contribution in [1.29, 1.82) is 0 Å². The van der Waals surface area contributed by atoms with Crippen molar-refractivity contribution in [2.24, 2.45) is 11.7 Å². The number of carbonyl (C=O) groups is 2. The van der Waals surface area contributed by atoms with Crippen molar-refractivity contribution in [1.82, 2.24) is 4.98 Å². The SMILES string of the molecule is COC(=O)Cc1nc(CC(C)C)c(CN)c(-c2ccc(C)cc2)c1C(=O)O. The Hall–Kier alpha value is -2.73. The molecule has 6 nitrogen and oxygen atoms in total. The molecule has 0 aliphatic carbocycles. The lowest BCUT2D eigenvalue weighted by Gasteiger charge is -2.20. The number of hydrogen-bond acceptors (Lipinski definition) is 5. The van der Waals surface area contributed by atoms with Gasteiger partial charge in [0.05, 0.1) is 24.8 Å². The van der Waals surface area contributed by atoms with Crippen LogP contribution >= 0.6 is 0 Å². The summed E-state index contributed by atoms with van der Waals surface area (Å²) in [5, 5.41) is 9.91. The first-order valence-corrected chi connectivity index (χ1v) is 8.90. The normalized spacial score (nSPS) is 10.9. The summed E-state index contributed by atoms with van der Waals surface area (Å²) in [6.45, 7) is 6.24. The topological polar surface area (TPSA) is 103 Å². The van der Waals surface area contributed by atoms with Gasteiger partial charge in [-0.25, -0.2) is 4.79 Å². The average molecular weight is 370 g/mol. The fourth-order valence-corrected chi connectivity index (χ4v) is 3.11. The number of carboxylic acids is 1. The number of pyridine rings is 1. The molecule has 0 saturated carbocycles. The van der Waals surface area contributed by atoms with Crippen molar-refractivity contribution < 1.29 is 19.4 Å². The van der Waals surface area contributed by atoms with Gasteiger partial charge in [0, 0.05) is 17.8 Å². The van der Waals surface area contributed by atoms with Crippen LogP contribution < -0.4 is 5.73 Å². The number of carbonyl (C=O) groups excluding carboxylic acids is 1. The van der Waals surface area contributed by atoms with Gasteiger partial charge >= 0.3 is 11.9 Å². The zero-order valence-electron chi connectivity index (χ0n) is 16.2. The van der Waals surface area contributed by atoms with Crippen LogP contribution in [0, 0.1) is 12.8 Å². The molecule has 1 aromatic heterocycles. The molecule has 144 valence electrons. The van der Waals surface area contributed by atoms with Crippen LogP contribution in [0.4, 0.5) is 0 Å². The molecule has 0 aliphatic rings. The molecule has 1 aromatic carbocycles. The molecule has 0 radical (unpaired) electrons. The molecule has 27 heavy (non-hydrogen) atoms. The van der Waals surface area contributed by atoms with Crippen LogP contribution in [0.1, 0.15) is 46.7 Å². The van der Waals surface area contributed by atoms with Gasteiger partial charge in [0.2, 0.25) is 0 Å². The van der Waals surface area contributed by atoms with E-state index in [0.717, 1.165) is 16.8 Å². The Morgan fingerprint density at radius 1 is 1.19 bits per heavy atom. The Bertz CT molecular complexity index is 842. The van der Waals surface area contributed by atoms with Crippen LogP contribution in [0.25, 0.3) is 11.1 Å². The minimum atomic E-state index is -1.14. The number of nitrogens with zero attached hydrogens (tertiary/aromatic N) is 1. The van der Waals surface area contributed by atoms with Crippen molar-refractivity contribution >= 4 is 11.9 Å². The number of hydrogen-bond donors (Lipinski definition) is 2. The molecule has 0 saturated heterocycles. The van der Waals surface area contributed by atoms with Crippen LogP contribution in [0.15, 0.2) is 24.3 Å².